The van der Waals surface area contributed by atoms with Gasteiger partial charge in [0.2, 0.25) is 0 Å². The third kappa shape index (κ3) is 3.64. The fourth-order valence-electron chi connectivity index (χ4n) is 2.28. The van der Waals surface area contributed by atoms with E-state index in [1.807, 2.05) is 18.2 Å². The normalized spacial score (nSPS) is 12.7. The van der Waals surface area contributed by atoms with Crippen molar-refractivity contribution in [2.24, 2.45) is 5.92 Å². The second-order valence-corrected chi connectivity index (χ2v) is 5.26. The van der Waals surface area contributed by atoms with Gasteiger partial charge in [-0.15, -0.1) is 0 Å². The van der Waals surface area contributed by atoms with E-state index in [9.17, 15) is 8.78 Å². The molecule has 1 N–H and O–H groups in total. The average Bonchev–Trinajstić information content (AvgIpc) is 2.44. The first-order valence-corrected chi connectivity index (χ1v) is 6.80. The van der Waals surface area contributed by atoms with Crippen LogP contribution >= 0.6 is 0 Å². The predicted octanol–water partition coefficient (Wildman–Crippen LogP) is 4.45. The molecule has 0 aromatic heterocycles. The van der Waals surface area contributed by atoms with E-state index in [1.165, 1.54) is 17.7 Å². The van der Waals surface area contributed by atoms with E-state index in [2.05, 4.69) is 31.3 Å². The smallest absolute Gasteiger partial charge is 0.159 e. The van der Waals surface area contributed by atoms with Crippen molar-refractivity contribution in [3.8, 4) is 0 Å². The van der Waals surface area contributed by atoms with Gasteiger partial charge in [-0.2, -0.15) is 0 Å². The van der Waals surface area contributed by atoms with E-state index in [0.29, 0.717) is 12.5 Å². The highest BCUT2D eigenvalue weighted by atomic mass is 19.2. The van der Waals surface area contributed by atoms with E-state index >= 15 is 0 Å². The first-order chi connectivity index (χ1) is 9.58. The summed E-state index contributed by atoms with van der Waals surface area (Å²) in [5.41, 5.74) is 1.94. The van der Waals surface area contributed by atoms with Crippen LogP contribution in [-0.4, -0.2) is 0 Å². The highest BCUT2D eigenvalue weighted by Crippen LogP contribution is 2.22. The Kier molecular flexibility index (Phi) is 4.85. The first-order valence-electron chi connectivity index (χ1n) is 6.80. The summed E-state index contributed by atoms with van der Waals surface area (Å²) in [6, 6.07) is 14.3. The first kappa shape index (κ1) is 14.7. The Balaban J connectivity index is 2.08. The standard InChI is InChI=1S/C17H19F2N/c1-12(2)17(14-6-4-3-5-7-14)20-11-13-8-9-15(18)16(19)10-13/h3-10,12,17,20H,11H2,1-2H3. The van der Waals surface area contributed by atoms with Crippen molar-refractivity contribution in [2.45, 2.75) is 26.4 Å². The molecule has 0 spiro atoms. The van der Waals surface area contributed by atoms with E-state index < -0.39 is 11.6 Å². The van der Waals surface area contributed by atoms with E-state index in [4.69, 9.17) is 0 Å². The Labute approximate surface area is 118 Å². The molecule has 0 aliphatic carbocycles. The van der Waals surface area contributed by atoms with Crippen molar-refractivity contribution in [1.29, 1.82) is 0 Å². The zero-order valence-electron chi connectivity index (χ0n) is 11.7. The highest BCUT2D eigenvalue weighted by molar-refractivity contribution is 5.21. The van der Waals surface area contributed by atoms with Crippen molar-refractivity contribution in [2.75, 3.05) is 0 Å². The third-order valence-electron chi connectivity index (χ3n) is 3.34. The van der Waals surface area contributed by atoms with Crippen molar-refractivity contribution in [1.82, 2.24) is 5.32 Å². The van der Waals surface area contributed by atoms with Gasteiger partial charge in [-0.1, -0.05) is 50.2 Å². The molecule has 0 saturated heterocycles. The van der Waals surface area contributed by atoms with Crippen LogP contribution in [0.4, 0.5) is 8.78 Å². The van der Waals surface area contributed by atoms with Gasteiger partial charge < -0.3 is 5.32 Å². The van der Waals surface area contributed by atoms with Gasteiger partial charge in [-0.3, -0.25) is 0 Å². The van der Waals surface area contributed by atoms with Crippen LogP contribution in [-0.2, 0) is 6.54 Å². The van der Waals surface area contributed by atoms with Crippen LogP contribution < -0.4 is 5.32 Å². The van der Waals surface area contributed by atoms with Gasteiger partial charge in [0.15, 0.2) is 11.6 Å². The lowest BCUT2D eigenvalue weighted by Crippen LogP contribution is -2.25. The lowest BCUT2D eigenvalue weighted by Gasteiger charge is -2.23. The average molecular weight is 275 g/mol. The summed E-state index contributed by atoms with van der Waals surface area (Å²) in [5.74, 6) is -1.20. The molecule has 0 aliphatic rings. The maximum absolute atomic E-state index is 13.2. The molecule has 0 heterocycles. The largest absolute Gasteiger partial charge is 0.306 e. The van der Waals surface area contributed by atoms with E-state index in [-0.39, 0.29) is 6.04 Å². The van der Waals surface area contributed by atoms with Gasteiger partial charge in [0.1, 0.15) is 0 Å². The van der Waals surface area contributed by atoms with Gasteiger partial charge in [-0.05, 0) is 29.2 Å². The van der Waals surface area contributed by atoms with Crippen LogP contribution in [0.3, 0.4) is 0 Å². The molecule has 2 aromatic carbocycles. The molecule has 0 aliphatic heterocycles. The molecule has 1 unspecified atom stereocenters. The summed E-state index contributed by atoms with van der Waals surface area (Å²) in [6.45, 7) is 4.78. The number of nitrogens with one attached hydrogen (secondary N) is 1. The number of hydrogen-bond donors (Lipinski definition) is 1. The van der Waals surface area contributed by atoms with Crippen molar-refractivity contribution >= 4 is 0 Å². The number of benzene rings is 2. The third-order valence-corrected chi connectivity index (χ3v) is 3.34. The molecule has 0 radical (unpaired) electrons. The van der Waals surface area contributed by atoms with Crippen LogP contribution in [0.15, 0.2) is 48.5 Å². The minimum atomic E-state index is -0.808. The minimum Gasteiger partial charge on any atom is -0.306 e. The lowest BCUT2D eigenvalue weighted by molar-refractivity contribution is 0.409. The highest BCUT2D eigenvalue weighted by Gasteiger charge is 2.15. The molecular weight excluding hydrogens is 256 g/mol. The van der Waals surface area contributed by atoms with Gasteiger partial charge in [0.05, 0.1) is 0 Å². The Morgan fingerprint density at radius 1 is 0.950 bits per heavy atom. The van der Waals surface area contributed by atoms with Crippen molar-refractivity contribution in [3.05, 3.63) is 71.3 Å². The number of rotatable bonds is 5. The molecule has 2 rings (SSSR count). The van der Waals surface area contributed by atoms with E-state index in [0.717, 1.165) is 5.56 Å². The topological polar surface area (TPSA) is 12.0 Å². The van der Waals surface area contributed by atoms with Gasteiger partial charge >= 0.3 is 0 Å². The fraction of sp³-hybridized carbons (Fsp3) is 0.294. The molecule has 3 heteroatoms. The molecule has 2 aromatic rings. The SMILES string of the molecule is CC(C)C(NCc1ccc(F)c(F)c1)c1ccccc1. The van der Waals surface area contributed by atoms with E-state index in [1.54, 1.807) is 6.07 Å². The van der Waals surface area contributed by atoms with Crippen LogP contribution in [0, 0.1) is 17.6 Å². The molecule has 1 nitrogen and oxygen atoms in total. The van der Waals surface area contributed by atoms with Crippen LogP contribution in [0.5, 0.6) is 0 Å². The van der Waals surface area contributed by atoms with Crippen LogP contribution in [0.25, 0.3) is 0 Å². The molecule has 0 fully saturated rings. The summed E-state index contributed by atoms with van der Waals surface area (Å²) in [5, 5.41) is 3.41. The Hall–Kier alpha value is -1.74. The van der Waals surface area contributed by atoms with Crippen LogP contribution in [0.1, 0.15) is 31.0 Å². The monoisotopic (exact) mass is 275 g/mol. The molecular formula is C17H19F2N. The molecule has 1 atom stereocenters. The van der Waals surface area contributed by atoms with Gasteiger partial charge in [0.25, 0.3) is 0 Å². The number of hydrogen-bond acceptors (Lipinski definition) is 1. The minimum absolute atomic E-state index is 0.185. The Morgan fingerprint density at radius 2 is 1.65 bits per heavy atom. The lowest BCUT2D eigenvalue weighted by atomic mass is 9.96. The molecule has 0 bridgehead atoms. The molecule has 0 amide bonds. The quantitative estimate of drug-likeness (QED) is 0.850. The molecule has 106 valence electrons. The summed E-state index contributed by atoms with van der Waals surface area (Å²) in [4.78, 5) is 0. The summed E-state index contributed by atoms with van der Waals surface area (Å²) < 4.78 is 26.1. The fourth-order valence-corrected chi connectivity index (χ4v) is 2.28. The summed E-state index contributed by atoms with van der Waals surface area (Å²) in [7, 11) is 0. The molecule has 20 heavy (non-hydrogen) atoms. The number of halogens is 2. The van der Waals surface area contributed by atoms with Crippen LogP contribution in [0.2, 0.25) is 0 Å². The maximum atomic E-state index is 13.2. The Bertz CT molecular complexity index is 552. The summed E-state index contributed by atoms with van der Waals surface area (Å²) >= 11 is 0. The summed E-state index contributed by atoms with van der Waals surface area (Å²) in [6.07, 6.45) is 0. The van der Waals surface area contributed by atoms with Gasteiger partial charge in [0, 0.05) is 12.6 Å². The van der Waals surface area contributed by atoms with Crippen molar-refractivity contribution in [3.63, 3.8) is 0 Å². The second-order valence-electron chi connectivity index (χ2n) is 5.26. The maximum Gasteiger partial charge on any atom is 0.159 e. The predicted molar refractivity (Wildman–Crippen MR) is 77.2 cm³/mol. The zero-order chi connectivity index (χ0) is 14.5. The second kappa shape index (κ2) is 6.62. The Morgan fingerprint density at radius 3 is 2.25 bits per heavy atom. The van der Waals surface area contributed by atoms with Crippen molar-refractivity contribution < 1.29 is 8.78 Å². The van der Waals surface area contributed by atoms with Gasteiger partial charge in [-0.25, -0.2) is 8.78 Å². The zero-order valence-corrected chi connectivity index (χ0v) is 11.7. The molecule has 0 saturated carbocycles.